The van der Waals surface area contributed by atoms with Crippen molar-refractivity contribution in [1.29, 1.82) is 0 Å². The fourth-order valence-electron chi connectivity index (χ4n) is 2.13. The van der Waals surface area contributed by atoms with Gasteiger partial charge in [-0.15, -0.1) is 0 Å². The second kappa shape index (κ2) is 6.82. The Morgan fingerprint density at radius 1 is 1.30 bits per heavy atom. The van der Waals surface area contributed by atoms with Gasteiger partial charge >= 0.3 is 0 Å². The summed E-state index contributed by atoms with van der Waals surface area (Å²) in [5.74, 6) is 1.44. The van der Waals surface area contributed by atoms with E-state index in [0.29, 0.717) is 12.4 Å². The number of oxazole rings is 1. The first-order valence-electron chi connectivity index (χ1n) is 7.40. The van der Waals surface area contributed by atoms with Gasteiger partial charge in [-0.25, -0.2) is 17.7 Å². The van der Waals surface area contributed by atoms with Crippen LogP contribution in [-0.2, 0) is 16.6 Å². The van der Waals surface area contributed by atoms with Crippen molar-refractivity contribution in [1.82, 2.24) is 14.6 Å². The quantitative estimate of drug-likeness (QED) is 0.876. The van der Waals surface area contributed by atoms with Crippen LogP contribution >= 0.6 is 0 Å². The Morgan fingerprint density at radius 3 is 2.57 bits per heavy atom. The van der Waals surface area contributed by atoms with Crippen LogP contribution in [0.25, 0.3) is 0 Å². The van der Waals surface area contributed by atoms with Crippen molar-refractivity contribution >= 4 is 10.0 Å². The molecule has 23 heavy (non-hydrogen) atoms. The van der Waals surface area contributed by atoms with Gasteiger partial charge in [-0.2, -0.15) is 0 Å². The zero-order valence-corrected chi connectivity index (χ0v) is 14.9. The minimum atomic E-state index is -3.43. The van der Waals surface area contributed by atoms with Gasteiger partial charge in [0.1, 0.15) is 5.76 Å². The third-order valence-corrected chi connectivity index (χ3v) is 5.58. The molecular weight excluding hydrogens is 314 g/mol. The van der Waals surface area contributed by atoms with Crippen LogP contribution in [0.4, 0.5) is 0 Å². The maximum absolute atomic E-state index is 12.2. The first-order chi connectivity index (χ1) is 10.7. The summed E-state index contributed by atoms with van der Waals surface area (Å²) in [6, 6.07) is 6.92. The molecule has 1 atom stereocenters. The van der Waals surface area contributed by atoms with E-state index in [1.807, 2.05) is 26.8 Å². The van der Waals surface area contributed by atoms with E-state index < -0.39 is 10.0 Å². The van der Waals surface area contributed by atoms with Crippen LogP contribution in [0.1, 0.15) is 35.9 Å². The fraction of sp³-hybridized carbons (Fsp3) is 0.438. The highest BCUT2D eigenvalue weighted by atomic mass is 32.2. The summed E-state index contributed by atoms with van der Waals surface area (Å²) in [7, 11) is -0.378. The molecule has 0 fully saturated rings. The molecule has 0 unspecified atom stereocenters. The highest BCUT2D eigenvalue weighted by Gasteiger charge is 2.18. The number of nitrogens with one attached hydrogen (secondary N) is 1. The Morgan fingerprint density at radius 2 is 2.00 bits per heavy atom. The molecule has 0 aliphatic rings. The molecule has 1 heterocycles. The number of sulfonamides is 1. The van der Waals surface area contributed by atoms with Crippen LogP contribution in [-0.4, -0.2) is 31.8 Å². The third kappa shape index (κ3) is 3.99. The van der Waals surface area contributed by atoms with Crippen LogP contribution in [0.15, 0.2) is 33.6 Å². The molecule has 0 saturated carbocycles. The summed E-state index contributed by atoms with van der Waals surface area (Å²) in [5.41, 5.74) is 1.78. The van der Waals surface area contributed by atoms with E-state index in [0.717, 1.165) is 17.0 Å². The Balaban J connectivity index is 2.12. The number of hydrogen-bond acceptors (Lipinski definition) is 5. The van der Waals surface area contributed by atoms with E-state index >= 15 is 0 Å². The van der Waals surface area contributed by atoms with Crippen LogP contribution in [0, 0.1) is 13.8 Å². The topological polar surface area (TPSA) is 75.4 Å². The number of hydrogen-bond donors (Lipinski definition) is 1. The number of rotatable bonds is 6. The summed E-state index contributed by atoms with van der Waals surface area (Å²) >= 11 is 0. The lowest BCUT2D eigenvalue weighted by Crippen LogP contribution is -2.23. The molecule has 0 aliphatic carbocycles. The molecule has 0 saturated heterocycles. The highest BCUT2D eigenvalue weighted by molar-refractivity contribution is 7.89. The van der Waals surface area contributed by atoms with Crippen LogP contribution in [0.2, 0.25) is 0 Å². The summed E-state index contributed by atoms with van der Waals surface area (Å²) in [5, 5.41) is 3.30. The average Bonchev–Trinajstić information content (AvgIpc) is 2.83. The Labute approximate surface area is 137 Å². The van der Waals surface area contributed by atoms with Crippen molar-refractivity contribution in [3.8, 4) is 0 Å². The van der Waals surface area contributed by atoms with E-state index in [1.54, 1.807) is 18.2 Å². The molecule has 0 bridgehead atoms. The minimum absolute atomic E-state index is 0.0279. The van der Waals surface area contributed by atoms with Crippen LogP contribution < -0.4 is 5.32 Å². The standard InChI is InChI=1S/C16H23N3O3S/c1-11-13(3)22-16(18-11)10-17-12(2)14-7-6-8-15(9-14)23(20,21)19(4)5/h6-9,12,17H,10H2,1-5H3/t12-/m0/s1. The van der Waals surface area contributed by atoms with Crippen molar-refractivity contribution in [3.63, 3.8) is 0 Å². The molecule has 0 aliphatic heterocycles. The molecule has 0 amide bonds. The van der Waals surface area contributed by atoms with Gasteiger partial charge in [-0.1, -0.05) is 12.1 Å². The van der Waals surface area contributed by atoms with Crippen molar-refractivity contribution < 1.29 is 12.8 Å². The third-order valence-electron chi connectivity index (χ3n) is 3.77. The molecule has 2 rings (SSSR count). The molecule has 0 spiro atoms. The van der Waals surface area contributed by atoms with Crippen molar-refractivity contribution in [2.45, 2.75) is 38.3 Å². The monoisotopic (exact) mass is 337 g/mol. The number of aryl methyl sites for hydroxylation is 2. The van der Waals surface area contributed by atoms with Gasteiger partial charge in [0.2, 0.25) is 15.9 Å². The van der Waals surface area contributed by atoms with Gasteiger partial charge in [0.15, 0.2) is 0 Å². The molecule has 0 radical (unpaired) electrons. The van der Waals surface area contributed by atoms with Crippen molar-refractivity contribution in [3.05, 3.63) is 47.2 Å². The molecule has 126 valence electrons. The molecule has 7 heteroatoms. The Kier molecular flexibility index (Phi) is 5.23. The minimum Gasteiger partial charge on any atom is -0.444 e. The van der Waals surface area contributed by atoms with E-state index in [2.05, 4.69) is 10.3 Å². The smallest absolute Gasteiger partial charge is 0.242 e. The van der Waals surface area contributed by atoms with Gasteiger partial charge in [-0.3, -0.25) is 0 Å². The second-order valence-corrected chi connectivity index (χ2v) is 7.86. The van der Waals surface area contributed by atoms with E-state index in [9.17, 15) is 8.42 Å². The maximum Gasteiger partial charge on any atom is 0.242 e. The number of benzene rings is 1. The van der Waals surface area contributed by atoms with Gasteiger partial charge in [0.25, 0.3) is 0 Å². The largest absolute Gasteiger partial charge is 0.444 e. The average molecular weight is 337 g/mol. The Bertz CT molecular complexity index is 762. The van der Waals surface area contributed by atoms with Gasteiger partial charge in [0.05, 0.1) is 17.1 Å². The zero-order valence-electron chi connectivity index (χ0n) is 14.1. The molecule has 1 N–H and O–H groups in total. The lowest BCUT2D eigenvalue weighted by atomic mass is 10.1. The lowest BCUT2D eigenvalue weighted by Gasteiger charge is -2.16. The fourth-order valence-corrected chi connectivity index (χ4v) is 3.09. The Hall–Kier alpha value is -1.70. The summed E-state index contributed by atoms with van der Waals surface area (Å²) < 4.78 is 31.2. The van der Waals surface area contributed by atoms with E-state index in [-0.39, 0.29) is 10.9 Å². The van der Waals surface area contributed by atoms with Gasteiger partial charge in [-0.05, 0) is 38.5 Å². The summed E-state index contributed by atoms with van der Waals surface area (Å²) in [6.07, 6.45) is 0. The van der Waals surface area contributed by atoms with E-state index in [4.69, 9.17) is 4.42 Å². The normalized spacial score (nSPS) is 13.5. The summed E-state index contributed by atoms with van der Waals surface area (Å²) in [4.78, 5) is 4.61. The number of aromatic nitrogens is 1. The van der Waals surface area contributed by atoms with Crippen molar-refractivity contribution in [2.75, 3.05) is 14.1 Å². The predicted molar refractivity (Wildman–Crippen MR) is 88.5 cm³/mol. The second-order valence-electron chi connectivity index (χ2n) is 5.71. The van der Waals surface area contributed by atoms with E-state index in [1.165, 1.54) is 18.4 Å². The first kappa shape index (κ1) is 17.7. The predicted octanol–water partition coefficient (Wildman–Crippen LogP) is 2.39. The van der Waals surface area contributed by atoms with Gasteiger partial charge < -0.3 is 9.73 Å². The van der Waals surface area contributed by atoms with Crippen LogP contribution in [0.3, 0.4) is 0 Å². The molecule has 6 nitrogen and oxygen atoms in total. The number of nitrogens with zero attached hydrogens (tertiary/aromatic N) is 2. The lowest BCUT2D eigenvalue weighted by molar-refractivity contribution is 0.431. The maximum atomic E-state index is 12.2. The van der Waals surface area contributed by atoms with Crippen molar-refractivity contribution in [2.24, 2.45) is 0 Å². The molecule has 1 aromatic carbocycles. The molecular formula is C16H23N3O3S. The first-order valence-corrected chi connectivity index (χ1v) is 8.84. The van der Waals surface area contributed by atoms with Gasteiger partial charge in [0, 0.05) is 20.1 Å². The summed E-state index contributed by atoms with van der Waals surface area (Å²) in [6.45, 7) is 6.25. The SMILES string of the molecule is Cc1nc(CN[C@@H](C)c2cccc(S(=O)(=O)N(C)C)c2)oc1C. The molecule has 2 aromatic rings. The molecule has 1 aromatic heterocycles. The highest BCUT2D eigenvalue weighted by Crippen LogP contribution is 2.20. The van der Waals surface area contributed by atoms with Crippen LogP contribution in [0.5, 0.6) is 0 Å². The zero-order chi connectivity index (χ0) is 17.2.